The molecule has 1 atom stereocenters. The van der Waals surface area contributed by atoms with Crippen LogP contribution in [0.25, 0.3) is 0 Å². The standard InChI is InChI=1S/C12H24N2O3/c1-12(2,3)6-9(7-13)11(16)14(4)8-10(15)17-5/h9H,6-8,13H2,1-5H3. The molecule has 0 aromatic heterocycles. The third-order valence-corrected chi connectivity index (χ3v) is 2.46. The number of likely N-dealkylation sites (N-methyl/N-ethyl adjacent to an activating group) is 1. The predicted molar refractivity (Wildman–Crippen MR) is 66.3 cm³/mol. The summed E-state index contributed by atoms with van der Waals surface area (Å²) in [7, 11) is 2.89. The highest BCUT2D eigenvalue weighted by molar-refractivity contribution is 5.83. The van der Waals surface area contributed by atoms with Crippen molar-refractivity contribution in [1.29, 1.82) is 0 Å². The lowest BCUT2D eigenvalue weighted by atomic mass is 9.84. The minimum absolute atomic E-state index is 0.0318. The molecule has 5 nitrogen and oxygen atoms in total. The number of carbonyl (C=O) groups is 2. The largest absolute Gasteiger partial charge is 0.468 e. The van der Waals surface area contributed by atoms with Gasteiger partial charge in [0.05, 0.1) is 13.0 Å². The highest BCUT2D eigenvalue weighted by atomic mass is 16.5. The summed E-state index contributed by atoms with van der Waals surface area (Å²) >= 11 is 0. The van der Waals surface area contributed by atoms with E-state index in [2.05, 4.69) is 25.5 Å². The van der Waals surface area contributed by atoms with Crippen LogP contribution in [0.15, 0.2) is 0 Å². The van der Waals surface area contributed by atoms with E-state index < -0.39 is 5.97 Å². The van der Waals surface area contributed by atoms with E-state index >= 15 is 0 Å². The van der Waals surface area contributed by atoms with Crippen LogP contribution >= 0.6 is 0 Å². The van der Waals surface area contributed by atoms with Crippen LogP contribution < -0.4 is 5.73 Å². The van der Waals surface area contributed by atoms with Gasteiger partial charge in [0.1, 0.15) is 6.54 Å². The molecule has 5 heteroatoms. The lowest BCUT2D eigenvalue weighted by Gasteiger charge is -2.27. The number of amides is 1. The molecule has 100 valence electrons. The van der Waals surface area contributed by atoms with E-state index in [4.69, 9.17) is 5.73 Å². The van der Waals surface area contributed by atoms with Gasteiger partial charge in [0.15, 0.2) is 0 Å². The molecule has 0 spiro atoms. The molecule has 0 aliphatic carbocycles. The summed E-state index contributed by atoms with van der Waals surface area (Å²) in [5.41, 5.74) is 5.65. The number of ether oxygens (including phenoxy) is 1. The van der Waals surface area contributed by atoms with Crippen LogP contribution in [0.4, 0.5) is 0 Å². The van der Waals surface area contributed by atoms with Crippen molar-refractivity contribution in [2.45, 2.75) is 27.2 Å². The van der Waals surface area contributed by atoms with Crippen molar-refractivity contribution < 1.29 is 14.3 Å². The Bertz CT molecular complexity index is 271. The molecule has 0 saturated heterocycles. The molecule has 0 heterocycles. The summed E-state index contributed by atoms with van der Waals surface area (Å²) in [6.07, 6.45) is 0.702. The second-order valence-corrected chi connectivity index (χ2v) is 5.47. The number of rotatable bonds is 5. The van der Waals surface area contributed by atoms with E-state index in [-0.39, 0.29) is 23.8 Å². The van der Waals surface area contributed by atoms with Crippen molar-refractivity contribution in [1.82, 2.24) is 4.90 Å². The first-order chi connectivity index (χ1) is 7.71. The van der Waals surface area contributed by atoms with Crippen LogP contribution in [0.2, 0.25) is 0 Å². The van der Waals surface area contributed by atoms with E-state index in [0.717, 1.165) is 0 Å². The zero-order valence-corrected chi connectivity index (χ0v) is 11.4. The topological polar surface area (TPSA) is 72.6 Å². The monoisotopic (exact) mass is 244 g/mol. The van der Waals surface area contributed by atoms with Crippen molar-refractivity contribution in [3.63, 3.8) is 0 Å². The fourth-order valence-electron chi connectivity index (χ4n) is 1.66. The molecule has 0 bridgehead atoms. The average molecular weight is 244 g/mol. The van der Waals surface area contributed by atoms with Crippen molar-refractivity contribution in [3.05, 3.63) is 0 Å². The first-order valence-corrected chi connectivity index (χ1v) is 5.73. The Labute approximate surface area is 103 Å². The molecular formula is C12H24N2O3. The summed E-state index contributed by atoms with van der Waals surface area (Å²) in [6.45, 7) is 6.44. The Morgan fingerprint density at radius 1 is 1.35 bits per heavy atom. The fraction of sp³-hybridized carbons (Fsp3) is 0.833. The maximum absolute atomic E-state index is 12.0. The van der Waals surface area contributed by atoms with Gasteiger partial charge < -0.3 is 15.4 Å². The van der Waals surface area contributed by atoms with Crippen LogP contribution in [0.1, 0.15) is 27.2 Å². The zero-order chi connectivity index (χ0) is 13.6. The maximum atomic E-state index is 12.0. The number of hydrogen-bond acceptors (Lipinski definition) is 4. The highest BCUT2D eigenvalue weighted by Crippen LogP contribution is 2.24. The number of methoxy groups -OCH3 is 1. The SMILES string of the molecule is COC(=O)CN(C)C(=O)C(CN)CC(C)(C)C. The lowest BCUT2D eigenvalue weighted by molar-refractivity contribution is -0.147. The zero-order valence-electron chi connectivity index (χ0n) is 11.4. The summed E-state index contributed by atoms with van der Waals surface area (Å²) in [5.74, 6) is -0.773. The Balaban J connectivity index is 4.48. The van der Waals surface area contributed by atoms with Crippen LogP contribution in [-0.4, -0.2) is 44.0 Å². The van der Waals surface area contributed by atoms with Crippen molar-refractivity contribution >= 4 is 11.9 Å². The van der Waals surface area contributed by atoms with Gasteiger partial charge in [-0.1, -0.05) is 20.8 Å². The normalized spacial score (nSPS) is 13.1. The maximum Gasteiger partial charge on any atom is 0.325 e. The number of nitrogens with two attached hydrogens (primary N) is 1. The Hall–Kier alpha value is -1.10. The van der Waals surface area contributed by atoms with E-state index in [1.807, 2.05) is 0 Å². The van der Waals surface area contributed by atoms with Gasteiger partial charge in [0.25, 0.3) is 0 Å². The fourth-order valence-corrected chi connectivity index (χ4v) is 1.66. The first kappa shape index (κ1) is 15.9. The third kappa shape index (κ3) is 6.26. The summed E-state index contributed by atoms with van der Waals surface area (Å²) in [5, 5.41) is 0. The molecule has 0 saturated carbocycles. The third-order valence-electron chi connectivity index (χ3n) is 2.46. The van der Waals surface area contributed by atoms with Gasteiger partial charge >= 0.3 is 5.97 Å². The lowest BCUT2D eigenvalue weighted by Crippen LogP contribution is -2.41. The molecular weight excluding hydrogens is 220 g/mol. The second kappa shape index (κ2) is 6.59. The van der Waals surface area contributed by atoms with Crippen LogP contribution in [0.5, 0.6) is 0 Å². The molecule has 2 N–H and O–H groups in total. The molecule has 1 unspecified atom stereocenters. The van der Waals surface area contributed by atoms with Gasteiger partial charge in [-0.3, -0.25) is 9.59 Å². The van der Waals surface area contributed by atoms with Gasteiger partial charge in [-0.05, 0) is 11.8 Å². The van der Waals surface area contributed by atoms with E-state index in [9.17, 15) is 9.59 Å². The van der Waals surface area contributed by atoms with Gasteiger partial charge in [0.2, 0.25) is 5.91 Å². The number of hydrogen-bond donors (Lipinski definition) is 1. The molecule has 1 amide bonds. The minimum atomic E-state index is -0.424. The van der Waals surface area contributed by atoms with Gasteiger partial charge in [0, 0.05) is 13.6 Å². The molecule has 0 aromatic rings. The molecule has 0 radical (unpaired) electrons. The van der Waals surface area contributed by atoms with Gasteiger partial charge in [-0.15, -0.1) is 0 Å². The number of esters is 1. The van der Waals surface area contributed by atoms with Crippen molar-refractivity contribution in [2.24, 2.45) is 17.1 Å². The summed E-state index contributed by atoms with van der Waals surface area (Å²) < 4.78 is 4.52. The van der Waals surface area contributed by atoms with E-state index in [0.29, 0.717) is 13.0 Å². The predicted octanol–water partition coefficient (Wildman–Crippen LogP) is 0.629. The van der Waals surface area contributed by atoms with Crippen LogP contribution in [-0.2, 0) is 14.3 Å². The molecule has 0 aromatic carbocycles. The summed E-state index contributed by atoms with van der Waals surface area (Å²) in [4.78, 5) is 24.5. The van der Waals surface area contributed by atoms with Gasteiger partial charge in [-0.25, -0.2) is 0 Å². The Morgan fingerprint density at radius 2 is 1.88 bits per heavy atom. The average Bonchev–Trinajstić information content (AvgIpc) is 2.23. The van der Waals surface area contributed by atoms with Crippen LogP contribution in [0.3, 0.4) is 0 Å². The number of carbonyl (C=O) groups excluding carboxylic acids is 2. The van der Waals surface area contributed by atoms with E-state index in [1.165, 1.54) is 12.0 Å². The first-order valence-electron chi connectivity index (χ1n) is 5.73. The van der Waals surface area contributed by atoms with E-state index in [1.54, 1.807) is 7.05 Å². The van der Waals surface area contributed by atoms with Crippen molar-refractivity contribution in [2.75, 3.05) is 27.2 Å². The second-order valence-electron chi connectivity index (χ2n) is 5.47. The molecule has 0 fully saturated rings. The van der Waals surface area contributed by atoms with Gasteiger partial charge in [-0.2, -0.15) is 0 Å². The van der Waals surface area contributed by atoms with Crippen LogP contribution in [0, 0.1) is 11.3 Å². The Kier molecular flexibility index (Phi) is 6.16. The minimum Gasteiger partial charge on any atom is -0.468 e. The quantitative estimate of drug-likeness (QED) is 0.720. The van der Waals surface area contributed by atoms with Crippen molar-refractivity contribution in [3.8, 4) is 0 Å². The molecule has 0 rings (SSSR count). The smallest absolute Gasteiger partial charge is 0.325 e. The highest BCUT2D eigenvalue weighted by Gasteiger charge is 2.26. The molecule has 17 heavy (non-hydrogen) atoms. The summed E-state index contributed by atoms with van der Waals surface area (Å²) in [6, 6.07) is 0. The number of nitrogens with zero attached hydrogens (tertiary/aromatic N) is 1. The molecule has 0 aliphatic rings. The Morgan fingerprint density at radius 3 is 2.24 bits per heavy atom. The molecule has 0 aliphatic heterocycles.